The maximum absolute atomic E-state index is 11.1. The van der Waals surface area contributed by atoms with E-state index in [9.17, 15) is 14.4 Å². The van der Waals surface area contributed by atoms with Gasteiger partial charge in [-0.15, -0.1) is 0 Å². The maximum Gasteiger partial charge on any atom is 0.382 e. The Bertz CT molecular complexity index is 222. The van der Waals surface area contributed by atoms with E-state index in [0.29, 0.717) is 5.75 Å². The minimum atomic E-state index is -1.74. The monoisotopic (exact) mass is 221 g/mol. The predicted molar refractivity (Wildman–Crippen MR) is 49.2 cm³/mol. The van der Waals surface area contributed by atoms with E-state index < -0.39 is 11.5 Å². The molecule has 80 valence electrons. The Balaban J connectivity index is 4.26. The molecule has 1 atom stereocenters. The van der Waals surface area contributed by atoms with Crippen molar-refractivity contribution in [3.63, 3.8) is 0 Å². The van der Waals surface area contributed by atoms with E-state index in [-0.39, 0.29) is 19.2 Å². The van der Waals surface area contributed by atoms with Gasteiger partial charge in [0.05, 0.1) is 0 Å². The first kappa shape index (κ1) is 12.9. The van der Waals surface area contributed by atoms with Crippen molar-refractivity contribution in [1.29, 1.82) is 0 Å². The molecule has 0 radical (unpaired) electrons. The summed E-state index contributed by atoms with van der Waals surface area (Å²) in [4.78, 5) is 39.1. The SMILES string of the molecule is CSCCC(N)(C=O)C(=O)OOC=O. The first-order valence-corrected chi connectivity index (χ1v) is 5.05. The molecule has 0 fully saturated rings. The van der Waals surface area contributed by atoms with E-state index in [1.807, 2.05) is 0 Å². The highest BCUT2D eigenvalue weighted by Gasteiger charge is 2.36. The van der Waals surface area contributed by atoms with E-state index >= 15 is 0 Å². The van der Waals surface area contributed by atoms with E-state index in [1.54, 1.807) is 6.26 Å². The highest BCUT2D eigenvalue weighted by Crippen LogP contribution is 2.10. The summed E-state index contributed by atoms with van der Waals surface area (Å²) in [6, 6.07) is 0. The van der Waals surface area contributed by atoms with Gasteiger partial charge >= 0.3 is 12.4 Å². The van der Waals surface area contributed by atoms with Crippen LogP contribution in [0.5, 0.6) is 0 Å². The highest BCUT2D eigenvalue weighted by atomic mass is 32.2. The number of thioether (sulfide) groups is 1. The zero-order valence-corrected chi connectivity index (χ0v) is 8.41. The summed E-state index contributed by atoms with van der Waals surface area (Å²) < 4.78 is 0. The van der Waals surface area contributed by atoms with E-state index in [4.69, 9.17) is 5.73 Å². The number of carbonyl (C=O) groups excluding carboxylic acids is 3. The number of hydrogen-bond donors (Lipinski definition) is 1. The molecule has 0 aromatic rings. The second kappa shape index (κ2) is 6.39. The largest absolute Gasteiger partial charge is 0.382 e. The fourth-order valence-corrected chi connectivity index (χ4v) is 1.16. The predicted octanol–water partition coefficient (Wildman–Crippen LogP) is -0.733. The number of carbonyl (C=O) groups is 3. The molecule has 0 aliphatic rings. The lowest BCUT2D eigenvalue weighted by Gasteiger charge is -2.17. The molecule has 1 unspecified atom stereocenters. The molecule has 0 rings (SSSR count). The molecule has 0 bridgehead atoms. The molecule has 14 heavy (non-hydrogen) atoms. The summed E-state index contributed by atoms with van der Waals surface area (Å²) in [6.45, 7) is -0.0717. The fourth-order valence-electron chi connectivity index (χ4n) is 0.621. The van der Waals surface area contributed by atoms with Gasteiger partial charge in [-0.1, -0.05) is 0 Å². The van der Waals surface area contributed by atoms with Crippen LogP contribution in [0.4, 0.5) is 0 Å². The topological polar surface area (TPSA) is 95.7 Å². The van der Waals surface area contributed by atoms with Crippen LogP contribution in [0.1, 0.15) is 6.42 Å². The van der Waals surface area contributed by atoms with Crippen molar-refractivity contribution >= 4 is 30.5 Å². The molecule has 0 aromatic heterocycles. The molecule has 7 heteroatoms. The zero-order valence-electron chi connectivity index (χ0n) is 7.60. The molecular weight excluding hydrogens is 210 g/mol. The van der Waals surface area contributed by atoms with Gasteiger partial charge < -0.3 is 10.5 Å². The normalized spacial score (nSPS) is 13.9. The van der Waals surface area contributed by atoms with Crippen LogP contribution in [0.2, 0.25) is 0 Å². The average molecular weight is 221 g/mol. The summed E-state index contributed by atoms with van der Waals surface area (Å²) in [5, 5.41) is 0. The summed E-state index contributed by atoms with van der Waals surface area (Å²) in [7, 11) is 0. The molecule has 0 saturated carbocycles. The summed E-state index contributed by atoms with van der Waals surface area (Å²) in [5.74, 6) is -0.556. The Morgan fingerprint density at radius 2 is 2.21 bits per heavy atom. The summed E-state index contributed by atoms with van der Waals surface area (Å²) >= 11 is 1.43. The van der Waals surface area contributed by atoms with Crippen molar-refractivity contribution in [3.05, 3.63) is 0 Å². The van der Waals surface area contributed by atoms with Gasteiger partial charge in [-0.25, -0.2) is 9.68 Å². The van der Waals surface area contributed by atoms with Gasteiger partial charge in [-0.05, 0) is 18.4 Å². The molecule has 6 nitrogen and oxygen atoms in total. The van der Waals surface area contributed by atoms with Crippen LogP contribution in [0.15, 0.2) is 0 Å². The molecule has 0 aliphatic heterocycles. The third kappa shape index (κ3) is 3.75. The van der Waals surface area contributed by atoms with Crippen LogP contribution in [0, 0.1) is 0 Å². The van der Waals surface area contributed by atoms with Crippen LogP contribution in [-0.4, -0.2) is 36.3 Å². The highest BCUT2D eigenvalue weighted by molar-refractivity contribution is 7.98. The Morgan fingerprint density at radius 3 is 2.64 bits per heavy atom. The van der Waals surface area contributed by atoms with Crippen molar-refractivity contribution in [3.8, 4) is 0 Å². The molecule has 2 N–H and O–H groups in total. The van der Waals surface area contributed by atoms with Crippen molar-refractivity contribution in [2.75, 3.05) is 12.0 Å². The number of nitrogens with two attached hydrogens (primary N) is 1. The summed E-state index contributed by atoms with van der Waals surface area (Å²) in [6.07, 6.45) is 2.21. The first-order chi connectivity index (χ1) is 6.60. The quantitative estimate of drug-likeness (QED) is 0.262. The maximum atomic E-state index is 11.1. The lowest BCUT2D eigenvalue weighted by atomic mass is 10.0. The second-order valence-corrected chi connectivity index (χ2v) is 3.45. The minimum absolute atomic E-state index is 0.0717. The molecule has 0 heterocycles. The molecule has 0 aliphatic carbocycles. The minimum Gasteiger partial charge on any atom is -0.310 e. The van der Waals surface area contributed by atoms with Crippen molar-refractivity contribution in [2.24, 2.45) is 5.73 Å². The third-order valence-corrected chi connectivity index (χ3v) is 2.09. The zero-order chi connectivity index (χ0) is 11.0. The Hall–Kier alpha value is -1.08. The molecular formula is C7H11NO5S. The smallest absolute Gasteiger partial charge is 0.310 e. The van der Waals surface area contributed by atoms with Crippen LogP contribution in [0.3, 0.4) is 0 Å². The molecule has 0 saturated heterocycles. The number of hydrogen-bond acceptors (Lipinski definition) is 7. The lowest BCUT2D eigenvalue weighted by molar-refractivity contribution is -0.251. The lowest BCUT2D eigenvalue weighted by Crippen LogP contribution is -2.51. The van der Waals surface area contributed by atoms with E-state index in [2.05, 4.69) is 9.78 Å². The van der Waals surface area contributed by atoms with Gasteiger partial charge in [0.25, 0.3) is 0 Å². The van der Waals surface area contributed by atoms with Gasteiger partial charge in [0.2, 0.25) is 0 Å². The van der Waals surface area contributed by atoms with Crippen molar-refractivity contribution in [2.45, 2.75) is 12.0 Å². The second-order valence-electron chi connectivity index (χ2n) is 2.46. The third-order valence-electron chi connectivity index (χ3n) is 1.47. The number of rotatable bonds is 7. The fraction of sp³-hybridized carbons (Fsp3) is 0.571. The average Bonchev–Trinajstić information content (AvgIpc) is 2.22. The summed E-state index contributed by atoms with van der Waals surface area (Å²) in [5.41, 5.74) is 3.67. The van der Waals surface area contributed by atoms with Crippen molar-refractivity contribution < 1.29 is 24.2 Å². The van der Waals surface area contributed by atoms with Gasteiger partial charge in [0.1, 0.15) is 0 Å². The standard InChI is InChI=1S/C7H11NO5S/c1-14-3-2-7(8,4-9)6(11)13-12-5-10/h4-5H,2-3,8H2,1H3. The molecule has 0 aromatic carbocycles. The molecule has 0 spiro atoms. The van der Waals surface area contributed by atoms with Gasteiger partial charge in [0, 0.05) is 0 Å². The van der Waals surface area contributed by atoms with Gasteiger partial charge in [0.15, 0.2) is 11.8 Å². The van der Waals surface area contributed by atoms with E-state index in [0.717, 1.165) is 0 Å². The Labute approximate surface area is 85.0 Å². The van der Waals surface area contributed by atoms with Crippen LogP contribution < -0.4 is 5.73 Å². The molecule has 0 amide bonds. The Morgan fingerprint density at radius 1 is 1.57 bits per heavy atom. The van der Waals surface area contributed by atoms with Crippen molar-refractivity contribution in [1.82, 2.24) is 0 Å². The van der Waals surface area contributed by atoms with Gasteiger partial charge in [-0.2, -0.15) is 11.8 Å². The Kier molecular flexibility index (Phi) is 5.89. The van der Waals surface area contributed by atoms with Crippen LogP contribution >= 0.6 is 11.8 Å². The van der Waals surface area contributed by atoms with Crippen LogP contribution in [-0.2, 0) is 24.2 Å². The van der Waals surface area contributed by atoms with Crippen LogP contribution in [0.25, 0.3) is 0 Å². The van der Waals surface area contributed by atoms with Gasteiger partial charge in [-0.3, -0.25) is 9.68 Å². The first-order valence-electron chi connectivity index (χ1n) is 3.66. The number of aldehydes is 1. The van der Waals surface area contributed by atoms with E-state index in [1.165, 1.54) is 11.8 Å².